The molecule has 0 saturated carbocycles. The Labute approximate surface area is 165 Å². The molecule has 0 aliphatic carbocycles. The summed E-state index contributed by atoms with van der Waals surface area (Å²) in [4.78, 5) is 19.0. The summed E-state index contributed by atoms with van der Waals surface area (Å²) in [5.74, 6) is 2.18. The number of carbonyl (C=O) groups excluding carboxylic acids is 1. The molecular formula is C21H27N3O4. The van der Waals surface area contributed by atoms with E-state index in [1.165, 1.54) is 6.42 Å². The van der Waals surface area contributed by atoms with E-state index < -0.39 is 0 Å². The van der Waals surface area contributed by atoms with Gasteiger partial charge in [-0.15, -0.1) is 0 Å². The first kappa shape index (κ1) is 19.8. The summed E-state index contributed by atoms with van der Waals surface area (Å²) in [5, 5.41) is 3.26. The van der Waals surface area contributed by atoms with Gasteiger partial charge in [0.1, 0.15) is 0 Å². The molecule has 2 aromatic rings. The average Bonchev–Trinajstić information content (AvgIpc) is 2.72. The molecule has 1 aromatic carbocycles. The fourth-order valence-electron chi connectivity index (χ4n) is 3.50. The van der Waals surface area contributed by atoms with E-state index in [0.29, 0.717) is 34.4 Å². The molecular weight excluding hydrogens is 358 g/mol. The van der Waals surface area contributed by atoms with E-state index in [-0.39, 0.29) is 5.91 Å². The Morgan fingerprint density at radius 1 is 1.07 bits per heavy atom. The van der Waals surface area contributed by atoms with E-state index in [9.17, 15) is 4.79 Å². The Bertz CT molecular complexity index is 815. The largest absolute Gasteiger partial charge is 0.493 e. The minimum Gasteiger partial charge on any atom is -0.493 e. The van der Waals surface area contributed by atoms with Gasteiger partial charge in [-0.25, -0.2) is 0 Å². The summed E-state index contributed by atoms with van der Waals surface area (Å²) in [6.45, 7) is 3.77. The minimum absolute atomic E-state index is 0.0209. The van der Waals surface area contributed by atoms with Gasteiger partial charge in [-0.1, -0.05) is 6.92 Å². The Balaban J connectivity index is 1.82. The number of hydrogen-bond acceptors (Lipinski definition) is 6. The van der Waals surface area contributed by atoms with E-state index in [1.54, 1.807) is 33.7 Å². The van der Waals surface area contributed by atoms with Crippen LogP contribution in [0.4, 0.5) is 11.4 Å². The number of rotatable bonds is 6. The van der Waals surface area contributed by atoms with Gasteiger partial charge < -0.3 is 24.4 Å². The summed E-state index contributed by atoms with van der Waals surface area (Å²) in [6, 6.07) is 5.43. The van der Waals surface area contributed by atoms with Crippen molar-refractivity contribution in [1.29, 1.82) is 0 Å². The highest BCUT2D eigenvalue weighted by Gasteiger charge is 2.22. The van der Waals surface area contributed by atoms with Crippen LogP contribution in [0.1, 0.15) is 30.1 Å². The lowest BCUT2D eigenvalue weighted by Crippen LogP contribution is -2.39. The van der Waals surface area contributed by atoms with Crippen molar-refractivity contribution in [3.05, 3.63) is 36.2 Å². The lowest BCUT2D eigenvalue weighted by Gasteiger charge is -2.31. The zero-order valence-corrected chi connectivity index (χ0v) is 16.8. The second kappa shape index (κ2) is 8.82. The molecule has 3 rings (SSSR count). The standard InChI is InChI=1S/C21H27N3O4/c1-14-6-5-7-24(13-14)21(25)15-8-17(12-22-11-15)23-16-9-18(26-2)20(28-4)19(10-16)27-3/h8-12,14,23H,5-7,13H2,1-4H3. The number of likely N-dealkylation sites (tertiary alicyclic amines) is 1. The van der Waals surface area contributed by atoms with Crippen LogP contribution < -0.4 is 19.5 Å². The van der Waals surface area contributed by atoms with Gasteiger partial charge in [-0.3, -0.25) is 9.78 Å². The number of hydrogen-bond donors (Lipinski definition) is 1. The van der Waals surface area contributed by atoms with Crippen LogP contribution in [-0.2, 0) is 0 Å². The maximum absolute atomic E-state index is 12.8. The Morgan fingerprint density at radius 3 is 2.39 bits per heavy atom. The number of pyridine rings is 1. The molecule has 1 amide bonds. The van der Waals surface area contributed by atoms with E-state index in [1.807, 2.05) is 23.1 Å². The molecule has 1 unspecified atom stereocenters. The third-order valence-corrected chi connectivity index (χ3v) is 4.88. The summed E-state index contributed by atoms with van der Waals surface area (Å²) >= 11 is 0. The van der Waals surface area contributed by atoms with Gasteiger partial charge in [-0.05, 0) is 24.8 Å². The lowest BCUT2D eigenvalue weighted by atomic mass is 10.00. The number of nitrogens with zero attached hydrogens (tertiary/aromatic N) is 2. The second-order valence-corrected chi connectivity index (χ2v) is 7.00. The quantitative estimate of drug-likeness (QED) is 0.817. The maximum atomic E-state index is 12.8. The molecule has 1 saturated heterocycles. The van der Waals surface area contributed by atoms with E-state index in [0.717, 1.165) is 25.2 Å². The smallest absolute Gasteiger partial charge is 0.255 e. The fraction of sp³-hybridized carbons (Fsp3) is 0.429. The number of aromatic nitrogens is 1. The van der Waals surface area contributed by atoms with Crippen molar-refractivity contribution in [2.45, 2.75) is 19.8 Å². The van der Waals surface area contributed by atoms with Crippen molar-refractivity contribution in [2.24, 2.45) is 5.92 Å². The zero-order valence-electron chi connectivity index (χ0n) is 16.8. The van der Waals surface area contributed by atoms with Crippen LogP contribution in [0.5, 0.6) is 17.2 Å². The van der Waals surface area contributed by atoms with Crippen LogP contribution in [0.2, 0.25) is 0 Å². The highest BCUT2D eigenvalue weighted by Crippen LogP contribution is 2.40. The molecule has 1 aromatic heterocycles. The fourth-order valence-corrected chi connectivity index (χ4v) is 3.50. The molecule has 0 bridgehead atoms. The predicted octanol–water partition coefficient (Wildman–Crippen LogP) is 3.72. The molecule has 150 valence electrons. The van der Waals surface area contributed by atoms with Crippen LogP contribution in [0.15, 0.2) is 30.6 Å². The first-order valence-electron chi connectivity index (χ1n) is 9.37. The van der Waals surface area contributed by atoms with Gasteiger partial charge in [0.25, 0.3) is 5.91 Å². The maximum Gasteiger partial charge on any atom is 0.255 e. The molecule has 2 heterocycles. The summed E-state index contributed by atoms with van der Waals surface area (Å²) in [7, 11) is 4.71. The highest BCUT2D eigenvalue weighted by atomic mass is 16.5. The molecule has 0 spiro atoms. The van der Waals surface area contributed by atoms with Crippen molar-refractivity contribution in [2.75, 3.05) is 39.7 Å². The number of carbonyl (C=O) groups is 1. The van der Waals surface area contributed by atoms with Gasteiger partial charge in [-0.2, -0.15) is 0 Å². The molecule has 1 N–H and O–H groups in total. The minimum atomic E-state index is 0.0209. The van der Waals surface area contributed by atoms with Crippen LogP contribution in [-0.4, -0.2) is 50.2 Å². The number of nitrogens with one attached hydrogen (secondary N) is 1. The monoisotopic (exact) mass is 385 g/mol. The van der Waals surface area contributed by atoms with Gasteiger partial charge in [0.15, 0.2) is 11.5 Å². The van der Waals surface area contributed by atoms with Crippen LogP contribution in [0, 0.1) is 5.92 Å². The Hall–Kier alpha value is -2.96. The molecule has 0 radical (unpaired) electrons. The topological polar surface area (TPSA) is 72.9 Å². The number of amides is 1. The SMILES string of the molecule is COc1cc(Nc2cncc(C(=O)N3CCCC(C)C3)c2)cc(OC)c1OC. The number of anilines is 2. The molecule has 28 heavy (non-hydrogen) atoms. The molecule has 1 atom stereocenters. The van der Waals surface area contributed by atoms with Gasteiger partial charge >= 0.3 is 0 Å². The van der Waals surface area contributed by atoms with Gasteiger partial charge in [0.05, 0.1) is 38.8 Å². The molecule has 1 aliphatic heterocycles. The predicted molar refractivity (Wildman–Crippen MR) is 108 cm³/mol. The average molecular weight is 385 g/mol. The Kier molecular flexibility index (Phi) is 6.23. The highest BCUT2D eigenvalue weighted by molar-refractivity contribution is 5.95. The zero-order chi connectivity index (χ0) is 20.1. The number of benzene rings is 1. The lowest BCUT2D eigenvalue weighted by molar-refractivity contribution is 0.0682. The van der Waals surface area contributed by atoms with Gasteiger partial charge in [0, 0.05) is 37.1 Å². The molecule has 1 fully saturated rings. The molecule has 7 heteroatoms. The van der Waals surface area contributed by atoms with Crippen molar-refractivity contribution >= 4 is 17.3 Å². The van der Waals surface area contributed by atoms with E-state index in [2.05, 4.69) is 17.2 Å². The van der Waals surface area contributed by atoms with Crippen molar-refractivity contribution in [3.63, 3.8) is 0 Å². The van der Waals surface area contributed by atoms with Gasteiger partial charge in [0.2, 0.25) is 5.75 Å². The van der Waals surface area contributed by atoms with Crippen LogP contribution >= 0.6 is 0 Å². The first-order chi connectivity index (χ1) is 13.5. The summed E-state index contributed by atoms with van der Waals surface area (Å²) < 4.78 is 16.1. The third-order valence-electron chi connectivity index (χ3n) is 4.88. The molecule has 7 nitrogen and oxygen atoms in total. The summed E-state index contributed by atoms with van der Waals surface area (Å²) in [5.41, 5.74) is 2.03. The van der Waals surface area contributed by atoms with Crippen molar-refractivity contribution in [3.8, 4) is 17.2 Å². The summed E-state index contributed by atoms with van der Waals surface area (Å²) in [6.07, 6.45) is 5.51. The van der Waals surface area contributed by atoms with Crippen LogP contribution in [0.25, 0.3) is 0 Å². The molecule has 1 aliphatic rings. The van der Waals surface area contributed by atoms with E-state index >= 15 is 0 Å². The number of methoxy groups -OCH3 is 3. The Morgan fingerprint density at radius 2 is 1.79 bits per heavy atom. The van der Waals surface area contributed by atoms with Crippen molar-refractivity contribution in [1.82, 2.24) is 9.88 Å². The van der Waals surface area contributed by atoms with Crippen LogP contribution in [0.3, 0.4) is 0 Å². The third kappa shape index (κ3) is 4.30. The number of ether oxygens (including phenoxy) is 3. The second-order valence-electron chi connectivity index (χ2n) is 7.00. The number of piperidine rings is 1. The van der Waals surface area contributed by atoms with Crippen molar-refractivity contribution < 1.29 is 19.0 Å². The first-order valence-corrected chi connectivity index (χ1v) is 9.37. The normalized spacial score (nSPS) is 16.4. The van der Waals surface area contributed by atoms with E-state index in [4.69, 9.17) is 14.2 Å².